The average molecular weight is 265 g/mol. The minimum Gasteiger partial charge on any atom is -0.497 e. The molecule has 0 aliphatic carbocycles. The number of ether oxygens (including phenoxy) is 2. The summed E-state index contributed by atoms with van der Waals surface area (Å²) in [4.78, 5) is 14.0. The first-order chi connectivity index (χ1) is 9.03. The van der Waals surface area contributed by atoms with Gasteiger partial charge in [0.05, 0.1) is 38.5 Å². The van der Waals surface area contributed by atoms with Crippen LogP contribution in [0.3, 0.4) is 0 Å². The Hall–Kier alpha value is -1.75. The lowest BCUT2D eigenvalue weighted by atomic mass is 9.90. The summed E-state index contributed by atoms with van der Waals surface area (Å²) in [6.07, 6.45) is 0.645. The minimum absolute atomic E-state index is 0.145. The Morgan fingerprint density at radius 2 is 2.05 bits per heavy atom. The van der Waals surface area contributed by atoms with Gasteiger partial charge in [-0.25, -0.2) is 0 Å². The summed E-state index contributed by atoms with van der Waals surface area (Å²) in [5, 5.41) is 9.96. The van der Waals surface area contributed by atoms with E-state index >= 15 is 0 Å². The maximum atomic E-state index is 12.4. The Morgan fingerprint density at radius 1 is 1.37 bits per heavy atom. The highest BCUT2D eigenvalue weighted by atomic mass is 16.5. The summed E-state index contributed by atoms with van der Waals surface area (Å²) in [6, 6.07) is 5.11. The third-order valence-corrected chi connectivity index (χ3v) is 3.55. The third kappa shape index (κ3) is 2.51. The number of aliphatic hydroxyl groups is 1. The maximum Gasteiger partial charge on any atom is 0.257 e. The third-order valence-electron chi connectivity index (χ3n) is 3.55. The van der Waals surface area contributed by atoms with Crippen molar-refractivity contribution in [3.05, 3.63) is 23.8 Å². The Labute approximate surface area is 112 Å². The Balaban J connectivity index is 2.19. The van der Waals surface area contributed by atoms with Gasteiger partial charge in [0.15, 0.2) is 0 Å². The fraction of sp³-hybridized carbons (Fsp3) is 0.500. The molecule has 5 heteroatoms. The van der Waals surface area contributed by atoms with Crippen molar-refractivity contribution in [2.45, 2.75) is 18.9 Å². The van der Waals surface area contributed by atoms with Gasteiger partial charge < -0.3 is 19.5 Å². The van der Waals surface area contributed by atoms with Gasteiger partial charge in [0.1, 0.15) is 11.5 Å². The Morgan fingerprint density at radius 3 is 2.58 bits per heavy atom. The second-order valence-electron chi connectivity index (χ2n) is 4.81. The molecule has 0 spiro atoms. The molecule has 0 saturated carbocycles. The Bertz CT molecular complexity index is 480. The van der Waals surface area contributed by atoms with Crippen LogP contribution in [0.1, 0.15) is 23.7 Å². The molecule has 1 heterocycles. The predicted molar refractivity (Wildman–Crippen MR) is 70.7 cm³/mol. The monoisotopic (exact) mass is 265 g/mol. The van der Waals surface area contributed by atoms with E-state index < -0.39 is 5.60 Å². The van der Waals surface area contributed by atoms with Crippen LogP contribution in [-0.2, 0) is 0 Å². The molecule has 0 bridgehead atoms. The first kappa shape index (κ1) is 13.7. The van der Waals surface area contributed by atoms with Crippen molar-refractivity contribution in [3.63, 3.8) is 0 Å². The second kappa shape index (κ2) is 5.09. The zero-order valence-electron chi connectivity index (χ0n) is 11.5. The smallest absolute Gasteiger partial charge is 0.257 e. The summed E-state index contributed by atoms with van der Waals surface area (Å²) in [7, 11) is 3.08. The molecule has 104 valence electrons. The van der Waals surface area contributed by atoms with Crippen molar-refractivity contribution >= 4 is 5.91 Å². The van der Waals surface area contributed by atoms with Crippen molar-refractivity contribution < 1.29 is 19.4 Å². The van der Waals surface area contributed by atoms with Crippen LogP contribution in [0, 0.1) is 0 Å². The normalized spacial score (nSPS) is 16.7. The number of nitrogens with zero attached hydrogens (tertiary/aromatic N) is 1. The van der Waals surface area contributed by atoms with E-state index in [1.165, 1.54) is 7.11 Å². The summed E-state index contributed by atoms with van der Waals surface area (Å²) in [6.45, 7) is 2.64. The van der Waals surface area contributed by atoms with Gasteiger partial charge in [-0.05, 0) is 24.6 Å². The molecule has 0 atom stereocenters. The molecule has 1 saturated heterocycles. The number of β-amino-alcohol motifs (C(OH)–C–C–N with tert-alkyl or cyclic N) is 1. The van der Waals surface area contributed by atoms with E-state index in [0.29, 0.717) is 36.6 Å². The number of methoxy groups -OCH3 is 2. The SMILES string of the molecule is CCC1(O)CN(C(=O)c2cc(OC)ccc2OC)C1. The van der Waals surface area contributed by atoms with Crippen molar-refractivity contribution in [1.82, 2.24) is 4.90 Å². The minimum atomic E-state index is -0.734. The highest BCUT2D eigenvalue weighted by Crippen LogP contribution is 2.30. The van der Waals surface area contributed by atoms with Crippen molar-refractivity contribution in [2.24, 2.45) is 0 Å². The zero-order chi connectivity index (χ0) is 14.0. The number of benzene rings is 1. The van der Waals surface area contributed by atoms with Crippen molar-refractivity contribution in [1.29, 1.82) is 0 Å². The molecule has 5 nitrogen and oxygen atoms in total. The summed E-state index contributed by atoms with van der Waals surface area (Å²) >= 11 is 0. The van der Waals surface area contributed by atoms with Crippen LogP contribution in [0.2, 0.25) is 0 Å². The lowest BCUT2D eigenvalue weighted by Gasteiger charge is -2.46. The fourth-order valence-corrected chi connectivity index (χ4v) is 2.18. The molecule has 1 aromatic rings. The van der Waals surface area contributed by atoms with Crippen LogP contribution in [0.5, 0.6) is 11.5 Å². The van der Waals surface area contributed by atoms with E-state index in [4.69, 9.17) is 9.47 Å². The van der Waals surface area contributed by atoms with E-state index in [-0.39, 0.29) is 5.91 Å². The van der Waals surface area contributed by atoms with Gasteiger partial charge in [-0.2, -0.15) is 0 Å². The van der Waals surface area contributed by atoms with Crippen LogP contribution in [0.15, 0.2) is 18.2 Å². The first-order valence-corrected chi connectivity index (χ1v) is 6.26. The molecule has 19 heavy (non-hydrogen) atoms. The largest absolute Gasteiger partial charge is 0.497 e. The van der Waals surface area contributed by atoms with E-state index in [0.717, 1.165) is 0 Å². The highest BCUT2D eigenvalue weighted by molar-refractivity contribution is 5.98. The predicted octanol–water partition coefficient (Wildman–Crippen LogP) is 1.30. The number of likely N-dealkylation sites (tertiary alicyclic amines) is 1. The molecule has 1 aliphatic heterocycles. The number of amides is 1. The topological polar surface area (TPSA) is 59.0 Å². The van der Waals surface area contributed by atoms with Crippen LogP contribution in [0.25, 0.3) is 0 Å². The van der Waals surface area contributed by atoms with Crippen LogP contribution in [-0.4, -0.2) is 48.8 Å². The van der Waals surface area contributed by atoms with Gasteiger partial charge in [0, 0.05) is 0 Å². The number of rotatable bonds is 4. The summed E-state index contributed by atoms with van der Waals surface area (Å²) < 4.78 is 10.3. The maximum absolute atomic E-state index is 12.4. The summed E-state index contributed by atoms with van der Waals surface area (Å²) in [5.41, 5.74) is -0.276. The van der Waals surface area contributed by atoms with Gasteiger partial charge >= 0.3 is 0 Å². The van der Waals surface area contributed by atoms with Gasteiger partial charge in [0.2, 0.25) is 0 Å². The van der Waals surface area contributed by atoms with E-state index in [9.17, 15) is 9.90 Å². The molecule has 0 unspecified atom stereocenters. The number of hydrogen-bond donors (Lipinski definition) is 1. The van der Waals surface area contributed by atoms with Crippen LogP contribution >= 0.6 is 0 Å². The molecular formula is C14H19NO4. The van der Waals surface area contributed by atoms with E-state index in [1.54, 1.807) is 30.2 Å². The fourth-order valence-electron chi connectivity index (χ4n) is 2.18. The van der Waals surface area contributed by atoms with Crippen LogP contribution < -0.4 is 9.47 Å². The average Bonchev–Trinajstić information content (AvgIpc) is 2.42. The molecular weight excluding hydrogens is 246 g/mol. The van der Waals surface area contributed by atoms with E-state index in [1.807, 2.05) is 6.92 Å². The molecule has 2 rings (SSSR count). The number of carbonyl (C=O) groups is 1. The molecule has 1 N–H and O–H groups in total. The second-order valence-corrected chi connectivity index (χ2v) is 4.81. The quantitative estimate of drug-likeness (QED) is 0.891. The first-order valence-electron chi connectivity index (χ1n) is 6.26. The molecule has 0 aromatic heterocycles. The molecule has 1 fully saturated rings. The lowest BCUT2D eigenvalue weighted by Crippen LogP contribution is -2.63. The molecule has 0 radical (unpaired) electrons. The molecule has 1 aromatic carbocycles. The van der Waals surface area contributed by atoms with Crippen LogP contribution in [0.4, 0.5) is 0 Å². The van der Waals surface area contributed by atoms with Gasteiger partial charge in [-0.1, -0.05) is 6.92 Å². The Kier molecular flexibility index (Phi) is 3.66. The molecule has 1 aliphatic rings. The lowest BCUT2D eigenvalue weighted by molar-refractivity contribution is -0.0827. The zero-order valence-corrected chi connectivity index (χ0v) is 11.5. The van der Waals surface area contributed by atoms with Gasteiger partial charge in [-0.15, -0.1) is 0 Å². The van der Waals surface area contributed by atoms with Gasteiger partial charge in [-0.3, -0.25) is 4.79 Å². The van der Waals surface area contributed by atoms with Gasteiger partial charge in [0.25, 0.3) is 5.91 Å². The van der Waals surface area contributed by atoms with Crippen molar-refractivity contribution in [3.8, 4) is 11.5 Å². The number of carbonyl (C=O) groups excluding carboxylic acids is 1. The standard InChI is InChI=1S/C14H19NO4/c1-4-14(17)8-15(9-14)13(16)11-7-10(18-2)5-6-12(11)19-3/h5-7,17H,4,8-9H2,1-3H3. The molecule has 1 amide bonds. The highest BCUT2D eigenvalue weighted by Gasteiger charge is 2.42. The summed E-state index contributed by atoms with van der Waals surface area (Å²) in [5.74, 6) is 0.974. The number of hydrogen-bond acceptors (Lipinski definition) is 4. The van der Waals surface area contributed by atoms with Crippen molar-refractivity contribution in [2.75, 3.05) is 27.3 Å². The van der Waals surface area contributed by atoms with E-state index in [2.05, 4.69) is 0 Å².